The zero-order valence-corrected chi connectivity index (χ0v) is 12.5. The van der Waals surface area contributed by atoms with E-state index in [0.717, 1.165) is 4.47 Å². The third kappa shape index (κ3) is 4.88. The number of amides is 3. The topological polar surface area (TPSA) is 96.5 Å². The van der Waals surface area contributed by atoms with Crippen molar-refractivity contribution < 1.29 is 19.1 Å². The van der Waals surface area contributed by atoms with E-state index in [1.54, 1.807) is 18.2 Å². The monoisotopic (exact) mass is 343 g/mol. The first-order chi connectivity index (χ1) is 9.43. The Bertz CT molecular complexity index is 533. The van der Waals surface area contributed by atoms with Crippen molar-refractivity contribution in [1.29, 1.82) is 0 Å². The van der Waals surface area contributed by atoms with Crippen molar-refractivity contribution in [3.8, 4) is 5.75 Å². The molecule has 0 aliphatic carbocycles. The lowest BCUT2D eigenvalue weighted by Crippen LogP contribution is -2.46. The number of nitrogens with one attached hydrogen (secondary N) is 3. The molecule has 0 unspecified atom stereocenters. The average molecular weight is 344 g/mol. The molecule has 0 aromatic heterocycles. The van der Waals surface area contributed by atoms with Crippen molar-refractivity contribution in [2.75, 3.05) is 13.7 Å². The Balaban J connectivity index is 2.59. The number of halogens is 1. The molecule has 0 fully saturated rings. The molecule has 1 aromatic carbocycles. The van der Waals surface area contributed by atoms with Crippen molar-refractivity contribution >= 4 is 33.7 Å². The molecule has 20 heavy (non-hydrogen) atoms. The summed E-state index contributed by atoms with van der Waals surface area (Å²) < 4.78 is 5.84. The quantitative estimate of drug-likeness (QED) is 0.687. The Morgan fingerprint density at radius 3 is 2.55 bits per heavy atom. The molecule has 0 spiro atoms. The number of hydrazine groups is 1. The zero-order valence-electron chi connectivity index (χ0n) is 11.0. The summed E-state index contributed by atoms with van der Waals surface area (Å²) in [6.07, 6.45) is 0. The molecule has 0 radical (unpaired) electrons. The Kier molecular flexibility index (Phi) is 5.98. The van der Waals surface area contributed by atoms with Crippen LogP contribution in [0.4, 0.5) is 0 Å². The second-order valence-electron chi connectivity index (χ2n) is 3.76. The van der Waals surface area contributed by atoms with Crippen LogP contribution in [-0.4, -0.2) is 31.4 Å². The minimum Gasteiger partial charge on any atom is -0.496 e. The van der Waals surface area contributed by atoms with Gasteiger partial charge in [-0.1, -0.05) is 15.9 Å². The third-order valence-corrected chi connectivity index (χ3v) is 2.71. The van der Waals surface area contributed by atoms with Gasteiger partial charge in [-0.3, -0.25) is 25.2 Å². The van der Waals surface area contributed by atoms with E-state index in [9.17, 15) is 14.4 Å². The fraction of sp³-hybridized carbons (Fsp3) is 0.250. The maximum atomic E-state index is 11.9. The van der Waals surface area contributed by atoms with Crippen LogP contribution in [0.3, 0.4) is 0 Å². The van der Waals surface area contributed by atoms with Crippen molar-refractivity contribution in [1.82, 2.24) is 16.2 Å². The molecule has 0 heterocycles. The van der Waals surface area contributed by atoms with E-state index >= 15 is 0 Å². The number of ether oxygens (including phenoxy) is 1. The van der Waals surface area contributed by atoms with Gasteiger partial charge in [-0.05, 0) is 18.2 Å². The Hall–Kier alpha value is -2.09. The van der Waals surface area contributed by atoms with Gasteiger partial charge in [0.25, 0.3) is 11.8 Å². The van der Waals surface area contributed by atoms with Crippen LogP contribution in [0.25, 0.3) is 0 Å². The highest BCUT2D eigenvalue weighted by atomic mass is 79.9. The molecule has 1 rings (SSSR count). The van der Waals surface area contributed by atoms with Crippen LogP contribution in [0.2, 0.25) is 0 Å². The summed E-state index contributed by atoms with van der Waals surface area (Å²) in [6, 6.07) is 4.86. The Morgan fingerprint density at radius 2 is 1.95 bits per heavy atom. The van der Waals surface area contributed by atoms with Crippen LogP contribution in [0.1, 0.15) is 17.3 Å². The largest absolute Gasteiger partial charge is 0.496 e. The number of carbonyl (C=O) groups is 3. The summed E-state index contributed by atoms with van der Waals surface area (Å²) in [6.45, 7) is 1.08. The predicted molar refractivity (Wildman–Crippen MR) is 75.0 cm³/mol. The lowest BCUT2D eigenvalue weighted by Gasteiger charge is -2.10. The molecule has 108 valence electrons. The highest BCUT2D eigenvalue weighted by molar-refractivity contribution is 9.10. The van der Waals surface area contributed by atoms with Crippen LogP contribution in [0.5, 0.6) is 5.75 Å². The first-order valence-corrected chi connectivity index (χ1v) is 6.40. The number of hydrogen-bond acceptors (Lipinski definition) is 4. The van der Waals surface area contributed by atoms with E-state index < -0.39 is 11.8 Å². The standard InChI is InChI=1S/C12H14BrN3O4/c1-7(17)14-6-11(18)15-16-12(19)9-4-3-8(13)5-10(9)20-2/h3-5H,6H2,1-2H3,(H,14,17)(H,15,18)(H,16,19). The first-order valence-electron chi connectivity index (χ1n) is 5.61. The van der Waals surface area contributed by atoms with Gasteiger partial charge in [0.05, 0.1) is 19.2 Å². The lowest BCUT2D eigenvalue weighted by molar-refractivity contribution is -0.125. The molecule has 0 aliphatic heterocycles. The first kappa shape index (κ1) is 16.0. The Labute approximate surface area is 124 Å². The summed E-state index contributed by atoms with van der Waals surface area (Å²) in [4.78, 5) is 33.8. The van der Waals surface area contributed by atoms with Crippen LogP contribution in [-0.2, 0) is 9.59 Å². The molecule has 7 nitrogen and oxygen atoms in total. The predicted octanol–water partition coefficient (Wildman–Crippen LogP) is 0.355. The molecule has 8 heteroatoms. The molecule has 0 aliphatic rings. The number of hydrogen-bond donors (Lipinski definition) is 3. The van der Waals surface area contributed by atoms with Crippen molar-refractivity contribution in [2.24, 2.45) is 0 Å². The maximum Gasteiger partial charge on any atom is 0.273 e. The SMILES string of the molecule is COc1cc(Br)ccc1C(=O)NNC(=O)CNC(C)=O. The van der Waals surface area contributed by atoms with Gasteiger partial charge in [0.1, 0.15) is 5.75 Å². The van der Waals surface area contributed by atoms with E-state index in [2.05, 4.69) is 32.1 Å². The number of carbonyl (C=O) groups excluding carboxylic acids is 3. The minimum atomic E-state index is -0.537. The molecule has 1 aromatic rings. The molecule has 3 N–H and O–H groups in total. The summed E-state index contributed by atoms with van der Waals surface area (Å²) in [7, 11) is 1.44. The summed E-state index contributed by atoms with van der Waals surface area (Å²) in [5, 5.41) is 2.31. The lowest BCUT2D eigenvalue weighted by atomic mass is 10.2. The molecule has 3 amide bonds. The molecule has 0 bridgehead atoms. The summed E-state index contributed by atoms with van der Waals surface area (Å²) in [5.41, 5.74) is 4.69. The van der Waals surface area contributed by atoms with Crippen LogP contribution in [0.15, 0.2) is 22.7 Å². The van der Waals surface area contributed by atoms with E-state index in [4.69, 9.17) is 4.74 Å². The van der Waals surface area contributed by atoms with Gasteiger partial charge in [0.2, 0.25) is 5.91 Å². The summed E-state index contributed by atoms with van der Waals surface area (Å²) in [5.74, 6) is -1.02. The van der Waals surface area contributed by atoms with E-state index in [1.807, 2.05) is 0 Å². The molecule has 0 saturated carbocycles. The van der Waals surface area contributed by atoms with Gasteiger partial charge in [-0.25, -0.2) is 0 Å². The fourth-order valence-electron chi connectivity index (χ4n) is 1.30. The van der Waals surface area contributed by atoms with Gasteiger partial charge in [-0.15, -0.1) is 0 Å². The van der Waals surface area contributed by atoms with E-state index in [-0.39, 0.29) is 18.0 Å². The van der Waals surface area contributed by atoms with E-state index in [0.29, 0.717) is 5.75 Å². The molecule has 0 atom stereocenters. The van der Waals surface area contributed by atoms with Gasteiger partial charge in [0, 0.05) is 11.4 Å². The average Bonchev–Trinajstić information content (AvgIpc) is 2.42. The molecular formula is C12H14BrN3O4. The fourth-order valence-corrected chi connectivity index (χ4v) is 1.64. The van der Waals surface area contributed by atoms with Crippen molar-refractivity contribution in [3.05, 3.63) is 28.2 Å². The maximum absolute atomic E-state index is 11.9. The van der Waals surface area contributed by atoms with Crippen LogP contribution in [0, 0.1) is 0 Å². The normalized spacial score (nSPS) is 9.55. The van der Waals surface area contributed by atoms with Gasteiger partial charge >= 0.3 is 0 Å². The van der Waals surface area contributed by atoms with Crippen LogP contribution >= 0.6 is 15.9 Å². The highest BCUT2D eigenvalue weighted by Gasteiger charge is 2.13. The number of rotatable bonds is 4. The third-order valence-electron chi connectivity index (χ3n) is 2.22. The molecule has 0 saturated heterocycles. The minimum absolute atomic E-state index is 0.215. The van der Waals surface area contributed by atoms with Crippen molar-refractivity contribution in [2.45, 2.75) is 6.92 Å². The number of methoxy groups -OCH3 is 1. The van der Waals surface area contributed by atoms with Crippen molar-refractivity contribution in [3.63, 3.8) is 0 Å². The van der Waals surface area contributed by atoms with Gasteiger partial charge < -0.3 is 10.1 Å². The van der Waals surface area contributed by atoms with Gasteiger partial charge in [-0.2, -0.15) is 0 Å². The van der Waals surface area contributed by atoms with E-state index in [1.165, 1.54) is 14.0 Å². The zero-order chi connectivity index (χ0) is 15.1. The number of benzene rings is 1. The van der Waals surface area contributed by atoms with Crippen LogP contribution < -0.4 is 20.9 Å². The molecular weight excluding hydrogens is 330 g/mol. The smallest absolute Gasteiger partial charge is 0.273 e. The second-order valence-corrected chi connectivity index (χ2v) is 4.67. The van der Waals surface area contributed by atoms with Gasteiger partial charge in [0.15, 0.2) is 0 Å². The second kappa shape index (κ2) is 7.49. The summed E-state index contributed by atoms with van der Waals surface area (Å²) >= 11 is 3.26. The highest BCUT2D eigenvalue weighted by Crippen LogP contribution is 2.23. The Morgan fingerprint density at radius 1 is 1.25 bits per heavy atom.